The molecular weight excluding hydrogens is 521 g/mol. The van der Waals surface area contributed by atoms with Crippen LogP contribution in [-0.2, 0) is 26.2 Å². The molecule has 2 amide bonds. The standard InChI is InChI=1S/C29H34FN3O5S/c1-20(2)31-29(35)22(4)32(18-23-8-10-24(30)11-9-23)28(34)19-33(25-12-14-26(38-5)15-13-25)39(36,37)27-16-6-21(3)7-17-27/h6-17,20,22H,18-19H2,1-5H3,(H,31,35)/t22-/m1/s1. The first-order chi connectivity index (χ1) is 18.4. The second-order valence-electron chi connectivity index (χ2n) is 9.51. The normalized spacial score (nSPS) is 12.1. The number of aryl methyl sites for hydroxylation is 1. The number of amides is 2. The Kier molecular flexibility index (Phi) is 9.69. The number of anilines is 1. The molecule has 3 aromatic rings. The Bertz CT molecular complexity index is 1380. The van der Waals surface area contributed by atoms with Gasteiger partial charge in [0.1, 0.15) is 24.2 Å². The van der Waals surface area contributed by atoms with Crippen molar-refractivity contribution < 1.29 is 27.1 Å². The second-order valence-corrected chi connectivity index (χ2v) is 11.4. The number of sulfonamides is 1. The molecule has 0 saturated carbocycles. The summed E-state index contributed by atoms with van der Waals surface area (Å²) >= 11 is 0. The van der Waals surface area contributed by atoms with Crippen LogP contribution >= 0.6 is 0 Å². The van der Waals surface area contributed by atoms with Gasteiger partial charge in [0.15, 0.2) is 0 Å². The Morgan fingerprint density at radius 2 is 1.51 bits per heavy atom. The van der Waals surface area contributed by atoms with E-state index < -0.39 is 40.2 Å². The highest BCUT2D eigenvalue weighted by atomic mass is 32.2. The van der Waals surface area contributed by atoms with Crippen LogP contribution in [0.5, 0.6) is 5.75 Å². The molecule has 3 rings (SSSR count). The third kappa shape index (κ3) is 7.57. The molecule has 0 unspecified atom stereocenters. The number of hydrogen-bond acceptors (Lipinski definition) is 5. The van der Waals surface area contributed by atoms with Crippen molar-refractivity contribution in [1.29, 1.82) is 0 Å². The Balaban J connectivity index is 2.03. The largest absolute Gasteiger partial charge is 0.497 e. The van der Waals surface area contributed by atoms with Gasteiger partial charge in [0.25, 0.3) is 10.0 Å². The third-order valence-corrected chi connectivity index (χ3v) is 7.90. The van der Waals surface area contributed by atoms with Crippen LogP contribution in [0.15, 0.2) is 77.7 Å². The first kappa shape index (κ1) is 29.6. The minimum Gasteiger partial charge on any atom is -0.497 e. The maximum absolute atomic E-state index is 13.8. The maximum atomic E-state index is 13.8. The number of methoxy groups -OCH3 is 1. The molecule has 8 nitrogen and oxygen atoms in total. The average molecular weight is 556 g/mol. The molecule has 0 spiro atoms. The molecule has 0 radical (unpaired) electrons. The summed E-state index contributed by atoms with van der Waals surface area (Å²) in [6.07, 6.45) is 0. The minimum atomic E-state index is -4.17. The molecule has 0 aliphatic rings. The minimum absolute atomic E-state index is 0.0207. The zero-order valence-corrected chi connectivity index (χ0v) is 23.5. The van der Waals surface area contributed by atoms with Crippen molar-refractivity contribution in [2.75, 3.05) is 18.0 Å². The Morgan fingerprint density at radius 1 is 0.923 bits per heavy atom. The summed E-state index contributed by atoms with van der Waals surface area (Å²) in [6.45, 7) is 6.44. The summed E-state index contributed by atoms with van der Waals surface area (Å²) in [5.41, 5.74) is 1.73. The van der Waals surface area contributed by atoms with Crippen LogP contribution in [-0.4, -0.2) is 50.9 Å². The lowest BCUT2D eigenvalue weighted by atomic mass is 10.1. The van der Waals surface area contributed by atoms with Gasteiger partial charge in [-0.25, -0.2) is 12.8 Å². The number of benzene rings is 3. The lowest BCUT2D eigenvalue weighted by Gasteiger charge is -2.32. The van der Waals surface area contributed by atoms with Gasteiger partial charge in [-0.2, -0.15) is 0 Å². The first-order valence-corrected chi connectivity index (χ1v) is 13.9. The SMILES string of the molecule is COc1ccc(N(CC(=O)N(Cc2ccc(F)cc2)[C@H](C)C(=O)NC(C)C)S(=O)(=O)c2ccc(C)cc2)cc1. The molecule has 10 heteroatoms. The van der Waals surface area contributed by atoms with Crippen LogP contribution in [0.2, 0.25) is 0 Å². The molecule has 39 heavy (non-hydrogen) atoms. The monoisotopic (exact) mass is 555 g/mol. The van der Waals surface area contributed by atoms with Crippen molar-refractivity contribution in [1.82, 2.24) is 10.2 Å². The van der Waals surface area contributed by atoms with E-state index in [-0.39, 0.29) is 23.2 Å². The molecule has 208 valence electrons. The van der Waals surface area contributed by atoms with E-state index in [0.29, 0.717) is 11.3 Å². The number of nitrogens with one attached hydrogen (secondary N) is 1. The van der Waals surface area contributed by atoms with Gasteiger partial charge in [0, 0.05) is 12.6 Å². The smallest absolute Gasteiger partial charge is 0.264 e. The molecule has 0 aromatic heterocycles. The Labute approximate surface area is 229 Å². The summed E-state index contributed by atoms with van der Waals surface area (Å²) < 4.78 is 47.3. The molecule has 0 fully saturated rings. The highest BCUT2D eigenvalue weighted by Crippen LogP contribution is 2.27. The Morgan fingerprint density at radius 3 is 2.05 bits per heavy atom. The predicted molar refractivity (Wildman–Crippen MR) is 148 cm³/mol. The van der Waals surface area contributed by atoms with E-state index in [2.05, 4.69) is 5.32 Å². The molecule has 0 bridgehead atoms. The summed E-state index contributed by atoms with van der Waals surface area (Å²) in [5, 5.41) is 2.79. The first-order valence-electron chi connectivity index (χ1n) is 12.5. The lowest BCUT2D eigenvalue weighted by Crippen LogP contribution is -2.52. The van der Waals surface area contributed by atoms with E-state index in [9.17, 15) is 22.4 Å². The summed E-state index contributed by atoms with van der Waals surface area (Å²) in [5.74, 6) is -0.901. The molecule has 0 heterocycles. The van der Waals surface area contributed by atoms with Crippen LogP contribution in [0.1, 0.15) is 31.9 Å². The van der Waals surface area contributed by atoms with Gasteiger partial charge in [0.2, 0.25) is 11.8 Å². The van der Waals surface area contributed by atoms with Crippen molar-refractivity contribution in [2.45, 2.75) is 51.2 Å². The van der Waals surface area contributed by atoms with E-state index in [1.54, 1.807) is 57.2 Å². The van der Waals surface area contributed by atoms with Crippen LogP contribution in [0.3, 0.4) is 0 Å². The van der Waals surface area contributed by atoms with Crippen LogP contribution < -0.4 is 14.4 Å². The van der Waals surface area contributed by atoms with E-state index in [4.69, 9.17) is 4.74 Å². The number of ether oxygens (including phenoxy) is 1. The zero-order valence-electron chi connectivity index (χ0n) is 22.7. The van der Waals surface area contributed by atoms with E-state index in [1.165, 1.54) is 48.4 Å². The number of carbonyl (C=O) groups excluding carboxylic acids is 2. The number of carbonyl (C=O) groups is 2. The van der Waals surface area contributed by atoms with Crippen LogP contribution in [0.25, 0.3) is 0 Å². The van der Waals surface area contributed by atoms with Crippen LogP contribution in [0.4, 0.5) is 10.1 Å². The van der Waals surface area contributed by atoms with Gasteiger partial charge in [-0.15, -0.1) is 0 Å². The van der Waals surface area contributed by atoms with Gasteiger partial charge < -0.3 is 15.0 Å². The molecule has 0 aliphatic carbocycles. The lowest BCUT2D eigenvalue weighted by molar-refractivity contribution is -0.139. The zero-order chi connectivity index (χ0) is 28.7. The Hall–Kier alpha value is -3.92. The summed E-state index contributed by atoms with van der Waals surface area (Å²) in [7, 11) is -2.67. The fraction of sp³-hybridized carbons (Fsp3) is 0.310. The van der Waals surface area contributed by atoms with Crippen molar-refractivity contribution in [3.05, 3.63) is 89.7 Å². The maximum Gasteiger partial charge on any atom is 0.264 e. The van der Waals surface area contributed by atoms with Gasteiger partial charge in [-0.05, 0) is 81.8 Å². The molecule has 0 saturated heterocycles. The third-order valence-electron chi connectivity index (χ3n) is 6.11. The molecule has 3 aromatic carbocycles. The number of nitrogens with zero attached hydrogens (tertiary/aromatic N) is 2. The molecule has 1 N–H and O–H groups in total. The van der Waals surface area contributed by atoms with Gasteiger partial charge in [0.05, 0.1) is 17.7 Å². The number of hydrogen-bond donors (Lipinski definition) is 1. The summed E-state index contributed by atoms with van der Waals surface area (Å²) in [4.78, 5) is 28.1. The quantitative estimate of drug-likeness (QED) is 0.381. The summed E-state index contributed by atoms with van der Waals surface area (Å²) in [6, 6.07) is 17.1. The van der Waals surface area contributed by atoms with E-state index in [0.717, 1.165) is 9.87 Å². The van der Waals surface area contributed by atoms with Crippen molar-refractivity contribution in [3.63, 3.8) is 0 Å². The van der Waals surface area contributed by atoms with Crippen molar-refractivity contribution in [2.24, 2.45) is 0 Å². The van der Waals surface area contributed by atoms with E-state index >= 15 is 0 Å². The molecular formula is C29H34FN3O5S. The van der Waals surface area contributed by atoms with Gasteiger partial charge in [-0.3, -0.25) is 13.9 Å². The fourth-order valence-electron chi connectivity index (χ4n) is 3.89. The van der Waals surface area contributed by atoms with Crippen molar-refractivity contribution >= 4 is 27.5 Å². The van der Waals surface area contributed by atoms with Gasteiger partial charge >= 0.3 is 0 Å². The van der Waals surface area contributed by atoms with Crippen molar-refractivity contribution in [3.8, 4) is 5.75 Å². The average Bonchev–Trinajstić information content (AvgIpc) is 2.90. The van der Waals surface area contributed by atoms with Gasteiger partial charge in [-0.1, -0.05) is 29.8 Å². The highest BCUT2D eigenvalue weighted by Gasteiger charge is 2.32. The number of rotatable bonds is 11. The highest BCUT2D eigenvalue weighted by molar-refractivity contribution is 7.92. The molecule has 1 atom stereocenters. The molecule has 0 aliphatic heterocycles. The van der Waals surface area contributed by atoms with E-state index in [1.807, 2.05) is 6.92 Å². The fourth-order valence-corrected chi connectivity index (χ4v) is 5.30. The number of halogens is 1. The second kappa shape index (κ2) is 12.8. The topological polar surface area (TPSA) is 96.0 Å². The predicted octanol–water partition coefficient (Wildman–Crippen LogP) is 4.28. The van der Waals surface area contributed by atoms with Crippen LogP contribution in [0, 0.1) is 12.7 Å².